The minimum atomic E-state index is 0.365. The van der Waals surface area contributed by atoms with Crippen molar-refractivity contribution in [1.82, 2.24) is 9.97 Å². The summed E-state index contributed by atoms with van der Waals surface area (Å²) in [5.74, 6) is 6.39. The smallest absolute Gasteiger partial charge is 0.237 e. The van der Waals surface area contributed by atoms with E-state index < -0.39 is 0 Å². The van der Waals surface area contributed by atoms with Gasteiger partial charge in [-0.3, -0.25) is 5.43 Å². The highest BCUT2D eigenvalue weighted by molar-refractivity contribution is 9.10. The van der Waals surface area contributed by atoms with Crippen molar-refractivity contribution >= 4 is 21.9 Å². The van der Waals surface area contributed by atoms with Crippen LogP contribution in [0, 0.1) is 0 Å². The van der Waals surface area contributed by atoms with Gasteiger partial charge in [0.25, 0.3) is 0 Å². The van der Waals surface area contributed by atoms with Crippen molar-refractivity contribution in [2.75, 3.05) is 12.5 Å². The fourth-order valence-electron chi connectivity index (χ4n) is 1.46. The average Bonchev–Trinajstić information content (AvgIpc) is 2.39. The van der Waals surface area contributed by atoms with Gasteiger partial charge in [-0.2, -0.15) is 0 Å². The number of aromatic nitrogens is 2. The molecular formula is C11H11BrN4O. The Balaban J connectivity index is 2.54. The second-order valence-corrected chi connectivity index (χ2v) is 4.17. The summed E-state index contributed by atoms with van der Waals surface area (Å²) in [6.07, 6.45) is 1.64. The number of nitrogens with one attached hydrogen (secondary N) is 1. The van der Waals surface area contributed by atoms with Gasteiger partial charge in [0.15, 0.2) is 0 Å². The Labute approximate surface area is 107 Å². The zero-order valence-electron chi connectivity index (χ0n) is 9.14. The van der Waals surface area contributed by atoms with E-state index in [9.17, 15) is 0 Å². The van der Waals surface area contributed by atoms with Crippen LogP contribution in [0.4, 0.5) is 5.95 Å². The molecule has 0 saturated heterocycles. The minimum absolute atomic E-state index is 0.365. The van der Waals surface area contributed by atoms with Gasteiger partial charge < -0.3 is 4.74 Å². The standard InChI is InChI=1S/C11H11BrN4O/c1-17-10-3-2-7(12)6-8(10)9-4-5-14-11(15-9)16-13/h2-6H,13H2,1H3,(H,14,15,16). The molecule has 1 aromatic carbocycles. The number of halogens is 1. The molecule has 0 amide bonds. The summed E-state index contributed by atoms with van der Waals surface area (Å²) in [5, 5.41) is 0. The van der Waals surface area contributed by atoms with Crippen LogP contribution in [0.2, 0.25) is 0 Å². The van der Waals surface area contributed by atoms with E-state index >= 15 is 0 Å². The SMILES string of the molecule is COc1ccc(Br)cc1-c1ccnc(NN)n1. The maximum absolute atomic E-state index is 5.30. The summed E-state index contributed by atoms with van der Waals surface area (Å²) in [6.45, 7) is 0. The molecule has 0 aliphatic carbocycles. The Hall–Kier alpha value is -1.66. The number of nitrogens with two attached hydrogens (primary N) is 1. The molecule has 2 rings (SSSR count). The van der Waals surface area contributed by atoms with Gasteiger partial charge in [-0.25, -0.2) is 15.8 Å². The van der Waals surface area contributed by atoms with Crippen molar-refractivity contribution in [3.63, 3.8) is 0 Å². The number of methoxy groups -OCH3 is 1. The van der Waals surface area contributed by atoms with Crippen LogP contribution in [0.5, 0.6) is 5.75 Å². The van der Waals surface area contributed by atoms with Crippen LogP contribution < -0.4 is 16.0 Å². The highest BCUT2D eigenvalue weighted by Crippen LogP contribution is 2.31. The molecule has 0 radical (unpaired) electrons. The molecule has 2 aromatic rings. The number of nitrogen functional groups attached to an aromatic ring is 1. The van der Waals surface area contributed by atoms with E-state index in [4.69, 9.17) is 10.6 Å². The van der Waals surface area contributed by atoms with Crippen molar-refractivity contribution in [3.05, 3.63) is 34.9 Å². The van der Waals surface area contributed by atoms with Gasteiger partial charge in [0.1, 0.15) is 5.75 Å². The molecule has 88 valence electrons. The third-order valence-corrected chi connectivity index (χ3v) is 2.72. The maximum Gasteiger partial charge on any atom is 0.237 e. The van der Waals surface area contributed by atoms with Crippen LogP contribution in [0.1, 0.15) is 0 Å². The minimum Gasteiger partial charge on any atom is -0.496 e. The third kappa shape index (κ3) is 2.54. The summed E-state index contributed by atoms with van der Waals surface area (Å²) in [5.41, 5.74) is 4.03. The van der Waals surface area contributed by atoms with E-state index in [0.29, 0.717) is 5.95 Å². The van der Waals surface area contributed by atoms with E-state index in [1.807, 2.05) is 18.2 Å². The fourth-order valence-corrected chi connectivity index (χ4v) is 1.82. The molecule has 17 heavy (non-hydrogen) atoms. The number of rotatable bonds is 3. The van der Waals surface area contributed by atoms with Gasteiger partial charge in [-0.05, 0) is 24.3 Å². The largest absolute Gasteiger partial charge is 0.496 e. The Kier molecular flexibility index (Phi) is 3.55. The van der Waals surface area contributed by atoms with Gasteiger partial charge in [0.2, 0.25) is 5.95 Å². The zero-order chi connectivity index (χ0) is 12.3. The van der Waals surface area contributed by atoms with E-state index in [-0.39, 0.29) is 0 Å². The van der Waals surface area contributed by atoms with Crippen LogP contribution in [0.25, 0.3) is 11.3 Å². The van der Waals surface area contributed by atoms with Gasteiger partial charge in [-0.15, -0.1) is 0 Å². The molecule has 5 nitrogen and oxygen atoms in total. The predicted molar refractivity (Wildman–Crippen MR) is 69.5 cm³/mol. The zero-order valence-corrected chi connectivity index (χ0v) is 10.7. The Bertz CT molecular complexity index is 533. The van der Waals surface area contributed by atoms with Crippen molar-refractivity contribution in [2.24, 2.45) is 5.84 Å². The van der Waals surface area contributed by atoms with Crippen molar-refractivity contribution in [2.45, 2.75) is 0 Å². The average molecular weight is 295 g/mol. The summed E-state index contributed by atoms with van der Waals surface area (Å²) in [7, 11) is 1.62. The molecule has 3 N–H and O–H groups in total. The van der Waals surface area contributed by atoms with E-state index in [2.05, 4.69) is 31.3 Å². The monoisotopic (exact) mass is 294 g/mol. The number of hydrogen-bond donors (Lipinski definition) is 2. The second kappa shape index (κ2) is 5.11. The van der Waals surface area contributed by atoms with Crippen molar-refractivity contribution in [3.8, 4) is 17.0 Å². The first-order chi connectivity index (χ1) is 8.24. The topological polar surface area (TPSA) is 73.1 Å². The lowest BCUT2D eigenvalue weighted by Gasteiger charge is -2.09. The van der Waals surface area contributed by atoms with Crippen LogP contribution >= 0.6 is 15.9 Å². The summed E-state index contributed by atoms with van der Waals surface area (Å²) >= 11 is 3.42. The Morgan fingerprint density at radius 3 is 2.88 bits per heavy atom. The molecule has 0 saturated carbocycles. The third-order valence-electron chi connectivity index (χ3n) is 2.22. The lowest BCUT2D eigenvalue weighted by molar-refractivity contribution is 0.416. The number of nitrogens with zero attached hydrogens (tertiary/aromatic N) is 2. The molecule has 1 aromatic heterocycles. The van der Waals surface area contributed by atoms with Crippen LogP contribution in [-0.2, 0) is 0 Å². The van der Waals surface area contributed by atoms with Crippen LogP contribution in [0.15, 0.2) is 34.9 Å². The predicted octanol–water partition coefficient (Wildman–Crippen LogP) is 2.20. The van der Waals surface area contributed by atoms with Crippen molar-refractivity contribution in [1.29, 1.82) is 0 Å². The molecule has 0 atom stereocenters. The van der Waals surface area contributed by atoms with Gasteiger partial charge >= 0.3 is 0 Å². The van der Waals surface area contributed by atoms with E-state index in [0.717, 1.165) is 21.5 Å². The molecule has 6 heteroatoms. The Morgan fingerprint density at radius 1 is 1.35 bits per heavy atom. The quantitative estimate of drug-likeness (QED) is 0.671. The first-order valence-electron chi connectivity index (χ1n) is 4.88. The van der Waals surface area contributed by atoms with E-state index in [1.165, 1.54) is 0 Å². The highest BCUT2D eigenvalue weighted by atomic mass is 79.9. The summed E-state index contributed by atoms with van der Waals surface area (Å²) in [4.78, 5) is 8.22. The molecule has 0 unspecified atom stereocenters. The van der Waals surface area contributed by atoms with Crippen LogP contribution in [-0.4, -0.2) is 17.1 Å². The molecule has 0 bridgehead atoms. The molecule has 0 aliphatic heterocycles. The molecule has 0 spiro atoms. The van der Waals surface area contributed by atoms with Gasteiger partial charge in [0, 0.05) is 16.2 Å². The highest BCUT2D eigenvalue weighted by Gasteiger charge is 2.08. The first-order valence-corrected chi connectivity index (χ1v) is 5.67. The summed E-state index contributed by atoms with van der Waals surface area (Å²) in [6, 6.07) is 7.51. The molecule has 0 fully saturated rings. The number of benzene rings is 1. The van der Waals surface area contributed by atoms with Crippen molar-refractivity contribution < 1.29 is 4.74 Å². The van der Waals surface area contributed by atoms with Gasteiger partial charge in [-0.1, -0.05) is 15.9 Å². The van der Waals surface area contributed by atoms with Crippen LogP contribution in [0.3, 0.4) is 0 Å². The number of anilines is 1. The normalized spacial score (nSPS) is 10.1. The van der Waals surface area contributed by atoms with Gasteiger partial charge in [0.05, 0.1) is 12.8 Å². The Morgan fingerprint density at radius 2 is 2.18 bits per heavy atom. The fraction of sp³-hybridized carbons (Fsp3) is 0.0909. The first kappa shape index (κ1) is 11.8. The number of hydrazine groups is 1. The molecular weight excluding hydrogens is 284 g/mol. The molecule has 0 aliphatic rings. The number of ether oxygens (including phenoxy) is 1. The van der Waals surface area contributed by atoms with E-state index in [1.54, 1.807) is 19.4 Å². The second-order valence-electron chi connectivity index (χ2n) is 3.25. The lowest BCUT2D eigenvalue weighted by atomic mass is 10.1. The summed E-state index contributed by atoms with van der Waals surface area (Å²) < 4.78 is 6.25. The maximum atomic E-state index is 5.30. The molecule has 1 heterocycles. The lowest BCUT2D eigenvalue weighted by Crippen LogP contribution is -2.10. The number of hydrogen-bond acceptors (Lipinski definition) is 5.